The lowest BCUT2D eigenvalue weighted by molar-refractivity contribution is -0.123. The van der Waals surface area contributed by atoms with Gasteiger partial charge in [-0.1, -0.05) is 53.6 Å². The summed E-state index contributed by atoms with van der Waals surface area (Å²) >= 11 is 7.31. The van der Waals surface area contributed by atoms with E-state index in [1.807, 2.05) is 31.2 Å². The number of amides is 2. The molecule has 3 aromatic carbocycles. The summed E-state index contributed by atoms with van der Waals surface area (Å²) in [6, 6.07) is 17.0. The molecule has 0 bridgehead atoms. The van der Waals surface area contributed by atoms with Gasteiger partial charge in [-0.05, 0) is 65.7 Å². The van der Waals surface area contributed by atoms with Gasteiger partial charge in [-0.3, -0.25) is 14.5 Å². The predicted molar refractivity (Wildman–Crippen MR) is 131 cm³/mol. The van der Waals surface area contributed by atoms with Gasteiger partial charge in [0.05, 0.1) is 23.6 Å². The number of hydrogen-bond donors (Lipinski definition) is 0. The molecule has 34 heavy (non-hydrogen) atoms. The van der Waals surface area contributed by atoms with Crippen LogP contribution >= 0.6 is 23.4 Å². The van der Waals surface area contributed by atoms with Crippen molar-refractivity contribution in [1.82, 2.24) is 4.90 Å². The van der Waals surface area contributed by atoms with Crippen LogP contribution in [0.1, 0.15) is 22.3 Å². The highest BCUT2D eigenvalue weighted by molar-refractivity contribution is 8.18. The summed E-state index contributed by atoms with van der Waals surface area (Å²) in [5.74, 6) is -0.0602. The zero-order valence-electron chi connectivity index (χ0n) is 18.5. The molecule has 4 rings (SSSR count). The third-order valence-electron chi connectivity index (χ3n) is 5.16. The monoisotopic (exact) mass is 497 g/mol. The van der Waals surface area contributed by atoms with E-state index in [-0.39, 0.29) is 35.1 Å². The third kappa shape index (κ3) is 5.43. The minimum atomic E-state index is -0.364. The Morgan fingerprint density at radius 3 is 2.53 bits per heavy atom. The van der Waals surface area contributed by atoms with E-state index in [0.29, 0.717) is 27.5 Å². The van der Waals surface area contributed by atoms with Crippen molar-refractivity contribution in [2.24, 2.45) is 0 Å². The molecule has 0 aliphatic carbocycles. The molecule has 0 N–H and O–H groups in total. The van der Waals surface area contributed by atoms with Gasteiger partial charge in [0.15, 0.2) is 11.5 Å². The fraction of sp³-hybridized carbons (Fsp3) is 0.154. The van der Waals surface area contributed by atoms with Crippen molar-refractivity contribution in [2.45, 2.75) is 20.1 Å². The van der Waals surface area contributed by atoms with Crippen LogP contribution < -0.4 is 9.47 Å². The maximum Gasteiger partial charge on any atom is 0.293 e. The SMILES string of the molecule is COc1cc(/C=C2\SC(=O)N(Cc3ccc(C)cc3)C2=O)cc(Cl)c1OCc1cccc(F)c1. The molecule has 2 amide bonds. The number of thioether (sulfide) groups is 1. The van der Waals surface area contributed by atoms with Crippen molar-refractivity contribution in [3.05, 3.63) is 98.7 Å². The third-order valence-corrected chi connectivity index (χ3v) is 6.34. The fourth-order valence-corrected chi connectivity index (χ4v) is 4.52. The van der Waals surface area contributed by atoms with E-state index in [0.717, 1.165) is 22.9 Å². The van der Waals surface area contributed by atoms with E-state index < -0.39 is 0 Å². The van der Waals surface area contributed by atoms with Gasteiger partial charge in [-0.25, -0.2) is 4.39 Å². The normalized spacial score (nSPS) is 14.7. The molecule has 1 aliphatic rings. The largest absolute Gasteiger partial charge is 0.493 e. The number of imide groups is 1. The molecule has 0 atom stereocenters. The van der Waals surface area contributed by atoms with Crippen LogP contribution in [-0.4, -0.2) is 23.2 Å². The van der Waals surface area contributed by atoms with Crippen LogP contribution in [0, 0.1) is 12.7 Å². The van der Waals surface area contributed by atoms with Gasteiger partial charge >= 0.3 is 0 Å². The summed E-state index contributed by atoms with van der Waals surface area (Å²) in [5, 5.41) is -0.0641. The number of rotatable bonds is 7. The van der Waals surface area contributed by atoms with Crippen molar-refractivity contribution in [3.8, 4) is 11.5 Å². The molecule has 8 heteroatoms. The van der Waals surface area contributed by atoms with Crippen LogP contribution in [0.15, 0.2) is 65.6 Å². The van der Waals surface area contributed by atoms with Crippen LogP contribution in [0.5, 0.6) is 11.5 Å². The number of nitrogens with zero attached hydrogens (tertiary/aromatic N) is 1. The summed E-state index contributed by atoms with van der Waals surface area (Å²) in [4.78, 5) is 26.9. The average molecular weight is 498 g/mol. The summed E-state index contributed by atoms with van der Waals surface area (Å²) in [7, 11) is 1.47. The van der Waals surface area contributed by atoms with Crippen molar-refractivity contribution in [3.63, 3.8) is 0 Å². The van der Waals surface area contributed by atoms with E-state index in [4.69, 9.17) is 21.1 Å². The standard InChI is InChI=1S/C26H21ClFNO4S/c1-16-6-8-17(9-7-16)14-29-25(30)23(34-26(29)31)13-19-11-21(27)24(22(12-19)32-2)33-15-18-4-3-5-20(28)10-18/h3-13H,14-15H2,1-2H3/b23-13-. The van der Waals surface area contributed by atoms with Crippen molar-refractivity contribution in [2.75, 3.05) is 7.11 Å². The first-order valence-corrected chi connectivity index (χ1v) is 11.6. The molecular weight excluding hydrogens is 477 g/mol. The van der Waals surface area contributed by atoms with Crippen LogP contribution in [0.2, 0.25) is 5.02 Å². The minimum Gasteiger partial charge on any atom is -0.493 e. The van der Waals surface area contributed by atoms with E-state index in [1.165, 1.54) is 24.1 Å². The van der Waals surface area contributed by atoms with Crippen LogP contribution in [0.3, 0.4) is 0 Å². The average Bonchev–Trinajstić information content (AvgIpc) is 3.06. The number of methoxy groups -OCH3 is 1. The number of halogens is 2. The summed E-state index contributed by atoms with van der Waals surface area (Å²) in [6.07, 6.45) is 1.60. The summed E-state index contributed by atoms with van der Waals surface area (Å²) < 4.78 is 24.6. The molecule has 0 radical (unpaired) electrons. The van der Waals surface area contributed by atoms with E-state index in [2.05, 4.69) is 0 Å². The maximum absolute atomic E-state index is 13.4. The lowest BCUT2D eigenvalue weighted by Crippen LogP contribution is -2.27. The van der Waals surface area contributed by atoms with Crippen molar-refractivity contribution < 1.29 is 23.5 Å². The molecule has 0 unspecified atom stereocenters. The highest BCUT2D eigenvalue weighted by Gasteiger charge is 2.35. The molecule has 1 fully saturated rings. The summed E-state index contributed by atoms with van der Waals surface area (Å²) in [5.41, 5.74) is 3.20. The second-order valence-corrected chi connectivity index (χ2v) is 9.11. The molecule has 0 spiro atoms. The number of hydrogen-bond acceptors (Lipinski definition) is 5. The summed E-state index contributed by atoms with van der Waals surface area (Å²) in [6.45, 7) is 2.29. The van der Waals surface area contributed by atoms with Gasteiger partial charge < -0.3 is 9.47 Å². The molecular formula is C26H21ClFNO4S. The van der Waals surface area contributed by atoms with Crippen molar-refractivity contribution in [1.29, 1.82) is 0 Å². The van der Waals surface area contributed by atoms with Gasteiger partial charge in [0.25, 0.3) is 11.1 Å². The number of carbonyl (C=O) groups excluding carboxylic acids is 2. The van der Waals surface area contributed by atoms with Crippen LogP contribution in [-0.2, 0) is 17.9 Å². The Labute approximate surface area is 206 Å². The highest BCUT2D eigenvalue weighted by Crippen LogP contribution is 2.39. The van der Waals surface area contributed by atoms with Gasteiger partial charge in [0, 0.05) is 0 Å². The Balaban J connectivity index is 1.53. The molecule has 0 aromatic heterocycles. The van der Waals surface area contributed by atoms with E-state index in [9.17, 15) is 14.0 Å². The Morgan fingerprint density at radius 1 is 1.06 bits per heavy atom. The van der Waals surface area contributed by atoms with Crippen molar-refractivity contribution >= 4 is 40.6 Å². The zero-order valence-corrected chi connectivity index (χ0v) is 20.1. The Morgan fingerprint density at radius 2 is 1.82 bits per heavy atom. The first kappa shape index (κ1) is 23.9. The molecule has 0 saturated carbocycles. The zero-order chi connectivity index (χ0) is 24.2. The number of carbonyl (C=O) groups is 2. The topological polar surface area (TPSA) is 55.8 Å². The molecule has 5 nitrogen and oxygen atoms in total. The van der Waals surface area contributed by atoms with Gasteiger partial charge in [-0.15, -0.1) is 0 Å². The minimum absolute atomic E-state index is 0.102. The van der Waals surface area contributed by atoms with E-state index in [1.54, 1.807) is 30.3 Å². The number of aryl methyl sites for hydroxylation is 1. The molecule has 1 heterocycles. The second-order valence-electron chi connectivity index (χ2n) is 7.71. The highest BCUT2D eigenvalue weighted by atomic mass is 35.5. The van der Waals surface area contributed by atoms with Crippen LogP contribution in [0.25, 0.3) is 6.08 Å². The smallest absolute Gasteiger partial charge is 0.293 e. The molecule has 3 aromatic rings. The number of benzene rings is 3. The van der Waals surface area contributed by atoms with E-state index >= 15 is 0 Å². The Hall–Kier alpha value is -3.29. The predicted octanol–water partition coefficient (Wildman–Crippen LogP) is 6.61. The Bertz CT molecular complexity index is 1280. The quantitative estimate of drug-likeness (QED) is 0.344. The molecule has 1 saturated heterocycles. The van der Waals surface area contributed by atoms with Gasteiger partial charge in [0.1, 0.15) is 12.4 Å². The maximum atomic E-state index is 13.4. The number of ether oxygens (including phenoxy) is 2. The lowest BCUT2D eigenvalue weighted by Gasteiger charge is -2.14. The first-order chi connectivity index (χ1) is 16.3. The van der Waals surface area contributed by atoms with Crippen LogP contribution in [0.4, 0.5) is 9.18 Å². The fourth-order valence-electron chi connectivity index (χ4n) is 3.41. The first-order valence-electron chi connectivity index (χ1n) is 10.4. The second kappa shape index (κ2) is 10.3. The molecule has 1 aliphatic heterocycles. The van der Waals surface area contributed by atoms with Gasteiger partial charge in [-0.2, -0.15) is 0 Å². The Kier molecular flexibility index (Phi) is 7.24. The van der Waals surface area contributed by atoms with Gasteiger partial charge in [0.2, 0.25) is 0 Å². The molecule has 174 valence electrons. The lowest BCUT2D eigenvalue weighted by atomic mass is 10.1.